The predicted molar refractivity (Wildman–Crippen MR) is 95.8 cm³/mol. The number of ether oxygens (including phenoxy) is 1. The molecule has 2 aliphatic rings. The number of rotatable bonds is 1. The van der Waals surface area contributed by atoms with Crippen LogP contribution in [0.5, 0.6) is 11.5 Å². The van der Waals surface area contributed by atoms with Gasteiger partial charge in [0, 0.05) is 37.3 Å². The van der Waals surface area contributed by atoms with Crippen molar-refractivity contribution in [3.05, 3.63) is 46.2 Å². The fourth-order valence-corrected chi connectivity index (χ4v) is 4.00. The van der Waals surface area contributed by atoms with Gasteiger partial charge in [0.05, 0.1) is 28.3 Å². The first-order chi connectivity index (χ1) is 12.6. The number of halogens is 2. The van der Waals surface area contributed by atoms with Crippen LogP contribution >= 0.6 is 11.6 Å². The van der Waals surface area contributed by atoms with Crippen molar-refractivity contribution in [2.45, 2.75) is 12.6 Å². The molecule has 2 aromatic carbocycles. The van der Waals surface area contributed by atoms with Crippen LogP contribution in [0.3, 0.4) is 0 Å². The molecule has 0 bridgehead atoms. The number of phenols is 1. The molecule has 2 N–H and O–H groups in total. The standard InChI is InChI=1S/C19H17ClFN3O2/c20-18-16(17-14(21)2-1-3-15(17)25)11(7-22)6-12-9-24-5-4-23-8-13(24)10-26-19(12)18/h1-3,6,13,23,25H,4-5,8-10H2/t13-/m1/s1. The molecule has 5 nitrogen and oxygen atoms in total. The average Bonchev–Trinajstić information content (AvgIpc) is 2.82. The second kappa shape index (κ2) is 6.76. The lowest BCUT2D eigenvalue weighted by Crippen LogP contribution is -2.52. The molecule has 1 fully saturated rings. The van der Waals surface area contributed by atoms with Crippen LogP contribution in [-0.4, -0.2) is 42.3 Å². The van der Waals surface area contributed by atoms with E-state index in [-0.39, 0.29) is 33.5 Å². The van der Waals surface area contributed by atoms with Crippen molar-refractivity contribution >= 4 is 11.6 Å². The van der Waals surface area contributed by atoms with Crippen LogP contribution < -0.4 is 10.1 Å². The smallest absolute Gasteiger partial charge is 0.143 e. The minimum absolute atomic E-state index is 0.0795. The highest BCUT2D eigenvalue weighted by Gasteiger charge is 2.31. The summed E-state index contributed by atoms with van der Waals surface area (Å²) in [6, 6.07) is 7.98. The number of nitriles is 1. The number of aromatic hydroxyl groups is 1. The number of piperazine rings is 1. The van der Waals surface area contributed by atoms with Crippen LogP contribution in [0.4, 0.5) is 4.39 Å². The van der Waals surface area contributed by atoms with Gasteiger partial charge in [0.1, 0.15) is 23.9 Å². The molecular formula is C19H17ClFN3O2. The summed E-state index contributed by atoms with van der Waals surface area (Å²) in [6.45, 7) is 3.65. The lowest BCUT2D eigenvalue weighted by molar-refractivity contribution is 0.120. The van der Waals surface area contributed by atoms with E-state index in [1.54, 1.807) is 6.07 Å². The number of fused-ring (bicyclic) bond motifs is 2. The quantitative estimate of drug-likeness (QED) is 0.804. The average molecular weight is 374 g/mol. The molecule has 2 aromatic rings. The molecule has 0 aliphatic carbocycles. The molecular weight excluding hydrogens is 357 g/mol. The molecule has 0 spiro atoms. The van der Waals surface area contributed by atoms with Crippen LogP contribution in [0.1, 0.15) is 11.1 Å². The molecule has 0 unspecified atom stereocenters. The molecule has 2 heterocycles. The molecule has 0 saturated carbocycles. The number of hydrogen-bond donors (Lipinski definition) is 2. The van der Waals surface area contributed by atoms with Gasteiger partial charge in [-0.15, -0.1) is 0 Å². The van der Waals surface area contributed by atoms with Gasteiger partial charge in [-0.3, -0.25) is 4.90 Å². The highest BCUT2D eigenvalue weighted by atomic mass is 35.5. The van der Waals surface area contributed by atoms with Gasteiger partial charge in [-0.1, -0.05) is 17.7 Å². The fraction of sp³-hybridized carbons (Fsp3) is 0.316. The van der Waals surface area contributed by atoms with Crippen molar-refractivity contribution in [2.75, 3.05) is 26.2 Å². The van der Waals surface area contributed by atoms with Gasteiger partial charge >= 0.3 is 0 Å². The maximum atomic E-state index is 14.4. The lowest BCUT2D eigenvalue weighted by Gasteiger charge is -2.33. The van der Waals surface area contributed by atoms with E-state index in [2.05, 4.69) is 16.3 Å². The Bertz CT molecular complexity index is 892. The Labute approximate surface area is 155 Å². The summed E-state index contributed by atoms with van der Waals surface area (Å²) in [5, 5.41) is 23.3. The van der Waals surface area contributed by atoms with Gasteiger partial charge in [0.2, 0.25) is 0 Å². The van der Waals surface area contributed by atoms with Crippen molar-refractivity contribution in [1.29, 1.82) is 5.26 Å². The molecule has 1 saturated heterocycles. The number of nitrogens with one attached hydrogen (secondary N) is 1. The normalized spacial score (nSPS) is 19.7. The summed E-state index contributed by atoms with van der Waals surface area (Å²) in [7, 11) is 0. The van der Waals surface area contributed by atoms with Gasteiger partial charge in [-0.2, -0.15) is 5.26 Å². The van der Waals surface area contributed by atoms with Crippen LogP contribution in [-0.2, 0) is 6.54 Å². The number of phenolic OH excluding ortho intramolecular Hbond substituents is 1. The van der Waals surface area contributed by atoms with Gasteiger partial charge in [-0.05, 0) is 18.2 Å². The van der Waals surface area contributed by atoms with Crippen LogP contribution in [0, 0.1) is 17.1 Å². The molecule has 0 radical (unpaired) electrons. The van der Waals surface area contributed by atoms with E-state index < -0.39 is 5.82 Å². The maximum absolute atomic E-state index is 14.4. The summed E-state index contributed by atoms with van der Waals surface area (Å²) < 4.78 is 20.4. The topological polar surface area (TPSA) is 68.5 Å². The monoisotopic (exact) mass is 373 g/mol. The Kier molecular flexibility index (Phi) is 4.45. The van der Waals surface area contributed by atoms with E-state index in [9.17, 15) is 14.8 Å². The van der Waals surface area contributed by atoms with Gasteiger partial charge in [0.25, 0.3) is 0 Å². The Hall–Kier alpha value is -2.33. The molecule has 26 heavy (non-hydrogen) atoms. The predicted octanol–water partition coefficient (Wildman–Crippen LogP) is 2.89. The van der Waals surface area contributed by atoms with Crippen molar-refractivity contribution in [3.63, 3.8) is 0 Å². The maximum Gasteiger partial charge on any atom is 0.143 e. The van der Waals surface area contributed by atoms with Crippen LogP contribution in [0.15, 0.2) is 24.3 Å². The molecule has 7 heteroatoms. The summed E-state index contributed by atoms with van der Waals surface area (Å²) in [5.74, 6) is -0.449. The molecule has 0 aromatic heterocycles. The minimum Gasteiger partial charge on any atom is -0.507 e. The first-order valence-corrected chi connectivity index (χ1v) is 8.79. The third kappa shape index (κ3) is 2.78. The minimum atomic E-state index is -0.640. The highest BCUT2D eigenvalue weighted by Crippen LogP contribution is 2.45. The summed E-state index contributed by atoms with van der Waals surface area (Å²) in [4.78, 5) is 2.29. The fourth-order valence-electron chi connectivity index (χ4n) is 3.62. The third-order valence-corrected chi connectivity index (χ3v) is 5.29. The zero-order valence-electron chi connectivity index (χ0n) is 13.9. The molecule has 4 rings (SSSR count). The molecule has 0 amide bonds. The van der Waals surface area contributed by atoms with E-state index >= 15 is 0 Å². The van der Waals surface area contributed by atoms with E-state index in [1.165, 1.54) is 18.2 Å². The number of benzene rings is 2. The van der Waals surface area contributed by atoms with Crippen LogP contribution in [0.25, 0.3) is 11.1 Å². The zero-order chi connectivity index (χ0) is 18.3. The lowest BCUT2D eigenvalue weighted by atomic mass is 9.95. The van der Waals surface area contributed by atoms with Crippen LogP contribution in [0.2, 0.25) is 5.02 Å². The Morgan fingerprint density at radius 2 is 2.23 bits per heavy atom. The van der Waals surface area contributed by atoms with Crippen molar-refractivity contribution in [3.8, 4) is 28.7 Å². The van der Waals surface area contributed by atoms with E-state index in [4.69, 9.17) is 16.3 Å². The van der Waals surface area contributed by atoms with Gasteiger partial charge in [-0.25, -0.2) is 4.39 Å². The van der Waals surface area contributed by atoms with Crippen molar-refractivity contribution in [1.82, 2.24) is 10.2 Å². The zero-order valence-corrected chi connectivity index (χ0v) is 14.7. The first-order valence-electron chi connectivity index (χ1n) is 8.41. The van der Waals surface area contributed by atoms with Gasteiger partial charge < -0.3 is 15.2 Å². The molecule has 134 valence electrons. The molecule has 1 atom stereocenters. The van der Waals surface area contributed by atoms with Crippen molar-refractivity contribution < 1.29 is 14.2 Å². The van der Waals surface area contributed by atoms with E-state index in [0.717, 1.165) is 25.2 Å². The van der Waals surface area contributed by atoms with E-state index in [0.29, 0.717) is 18.9 Å². The Morgan fingerprint density at radius 3 is 3.00 bits per heavy atom. The van der Waals surface area contributed by atoms with Gasteiger partial charge in [0.15, 0.2) is 0 Å². The Balaban J connectivity index is 1.89. The highest BCUT2D eigenvalue weighted by molar-refractivity contribution is 6.35. The number of nitrogens with zero attached hydrogens (tertiary/aromatic N) is 2. The largest absolute Gasteiger partial charge is 0.507 e. The third-order valence-electron chi connectivity index (χ3n) is 4.93. The second-order valence-corrected chi connectivity index (χ2v) is 6.86. The Morgan fingerprint density at radius 1 is 1.38 bits per heavy atom. The summed E-state index contributed by atoms with van der Waals surface area (Å²) >= 11 is 6.57. The summed E-state index contributed by atoms with van der Waals surface area (Å²) in [6.07, 6.45) is 0. The molecule has 2 aliphatic heterocycles. The first kappa shape index (κ1) is 17.1. The summed E-state index contributed by atoms with van der Waals surface area (Å²) in [5.41, 5.74) is 1.10. The second-order valence-electron chi connectivity index (χ2n) is 6.49. The van der Waals surface area contributed by atoms with Crippen molar-refractivity contribution in [2.24, 2.45) is 0 Å². The van der Waals surface area contributed by atoms with E-state index in [1.807, 2.05) is 0 Å². The number of hydrogen-bond acceptors (Lipinski definition) is 5. The SMILES string of the molecule is N#Cc1cc2c(c(Cl)c1-c1c(O)cccc1F)OC[C@H]1CNCCN1C2.